The van der Waals surface area contributed by atoms with Gasteiger partial charge in [0.15, 0.2) is 0 Å². The molecule has 1 unspecified atom stereocenters. The maximum atomic E-state index is 16.2. The molecule has 8 nitrogen and oxygen atoms in total. The highest BCUT2D eigenvalue weighted by Crippen LogP contribution is 2.48. The molecule has 2 amide bonds. The summed E-state index contributed by atoms with van der Waals surface area (Å²) in [6, 6.07) is 22.9. The van der Waals surface area contributed by atoms with E-state index in [2.05, 4.69) is 0 Å². The third-order valence-corrected chi connectivity index (χ3v) is 12.1. The molecule has 3 aromatic carbocycles. The predicted molar refractivity (Wildman–Crippen MR) is 178 cm³/mol. The molecule has 0 spiro atoms. The second kappa shape index (κ2) is 13.1. The molecule has 0 saturated carbocycles. The van der Waals surface area contributed by atoms with Crippen LogP contribution in [0.3, 0.4) is 0 Å². The van der Waals surface area contributed by atoms with Crippen LogP contribution in [0.4, 0.5) is 9.80 Å². The number of nitrogens with zero attached hydrogens (tertiary/aromatic N) is 3. The van der Waals surface area contributed by atoms with Gasteiger partial charge < -0.3 is 23.6 Å². The van der Waals surface area contributed by atoms with Crippen molar-refractivity contribution in [3.63, 3.8) is 0 Å². The fourth-order valence-corrected chi connectivity index (χ4v) is 9.00. The van der Waals surface area contributed by atoms with Crippen LogP contribution in [-0.4, -0.2) is 61.8 Å². The molecule has 1 N–H and O–H groups in total. The molecular weight excluding hydrogens is 601 g/mol. The summed E-state index contributed by atoms with van der Waals surface area (Å²) in [5, 5.41) is 16.3. The van der Waals surface area contributed by atoms with Crippen LogP contribution in [0.25, 0.3) is 0 Å². The lowest BCUT2D eigenvalue weighted by Crippen LogP contribution is -2.50. The summed E-state index contributed by atoms with van der Waals surface area (Å²) < 4.78 is 28.8. The van der Waals surface area contributed by atoms with Gasteiger partial charge >= 0.3 is 0 Å². The van der Waals surface area contributed by atoms with Gasteiger partial charge in [0.1, 0.15) is 11.9 Å². The van der Waals surface area contributed by atoms with Crippen LogP contribution in [0.2, 0.25) is 18.6 Å². The third-order valence-electron chi connectivity index (χ3n) is 9.76. The predicted octanol–water partition coefficient (Wildman–Crippen LogP) is 6.18. The number of amides is 2. The van der Waals surface area contributed by atoms with Gasteiger partial charge in [-0.2, -0.15) is 5.10 Å². The minimum absolute atomic E-state index is 0.0213. The second-order valence-electron chi connectivity index (χ2n) is 13.1. The number of carbonyl (C=O) groups excluding carboxylic acids is 2. The van der Waals surface area contributed by atoms with Crippen molar-refractivity contribution in [2.45, 2.75) is 76.0 Å². The number of hydrogen-bond acceptors (Lipinski definition) is 6. The Morgan fingerprint density at radius 2 is 1.80 bits per heavy atom. The second-order valence-corrected chi connectivity index (χ2v) is 17.0. The highest BCUT2D eigenvalue weighted by Gasteiger charge is 2.49. The number of anilines is 1. The van der Waals surface area contributed by atoms with Crippen molar-refractivity contribution in [2.24, 2.45) is 11.0 Å². The van der Waals surface area contributed by atoms with Gasteiger partial charge in [-0.1, -0.05) is 61.5 Å². The third kappa shape index (κ3) is 6.26. The first-order chi connectivity index (χ1) is 22.1. The fraction of sp³-hybridized carbons (Fsp3) is 0.417. The Hall–Kier alpha value is -3.86. The van der Waals surface area contributed by atoms with E-state index in [1.54, 1.807) is 37.2 Å². The van der Waals surface area contributed by atoms with Crippen molar-refractivity contribution in [1.29, 1.82) is 0 Å². The number of fused-ring (bicyclic) bond motifs is 2. The van der Waals surface area contributed by atoms with Gasteiger partial charge in [-0.15, -0.1) is 0 Å². The molecule has 3 heterocycles. The first kappa shape index (κ1) is 32.1. The number of carbonyl (C=O) groups is 2. The summed E-state index contributed by atoms with van der Waals surface area (Å²) in [7, 11) is -1.84. The summed E-state index contributed by atoms with van der Waals surface area (Å²) >= 11 is 0. The Kier molecular flexibility index (Phi) is 9.14. The van der Waals surface area contributed by atoms with E-state index in [-0.39, 0.29) is 36.8 Å². The molecule has 3 aliphatic heterocycles. The van der Waals surface area contributed by atoms with Gasteiger partial charge in [-0.25, -0.2) is 5.01 Å². The van der Waals surface area contributed by atoms with E-state index in [0.29, 0.717) is 37.2 Å². The minimum atomic E-state index is -3.46. The molecule has 0 aromatic heterocycles. The van der Waals surface area contributed by atoms with Crippen LogP contribution in [0, 0.1) is 5.92 Å². The zero-order valence-corrected chi connectivity index (χ0v) is 27.9. The number of hydrogen-bond donors (Lipinski definition) is 1. The average Bonchev–Trinajstić information content (AvgIpc) is 3.06. The van der Waals surface area contributed by atoms with Gasteiger partial charge in [0.05, 0.1) is 30.2 Å². The molecule has 3 aromatic rings. The number of benzene rings is 3. The Labute approximate surface area is 271 Å². The number of ether oxygens (including phenoxy) is 2. The monoisotopic (exact) mass is 643 g/mol. The van der Waals surface area contributed by atoms with Crippen LogP contribution >= 0.6 is 0 Å². The van der Waals surface area contributed by atoms with E-state index < -0.39 is 26.2 Å². The molecule has 0 radical (unpaired) electrons. The van der Waals surface area contributed by atoms with Crippen molar-refractivity contribution in [3.05, 3.63) is 95.1 Å². The highest BCUT2D eigenvalue weighted by atomic mass is 28.4. The van der Waals surface area contributed by atoms with E-state index >= 15 is 4.11 Å². The molecule has 3 aliphatic rings. The van der Waals surface area contributed by atoms with Gasteiger partial charge in [-0.05, 0) is 54.4 Å². The molecule has 6 rings (SSSR count). The number of rotatable bonds is 8. The van der Waals surface area contributed by atoms with Gasteiger partial charge in [0, 0.05) is 49.9 Å². The van der Waals surface area contributed by atoms with Crippen molar-refractivity contribution in [3.8, 4) is 5.75 Å². The molecule has 0 bridgehead atoms. The Morgan fingerprint density at radius 1 is 1.09 bits per heavy atom. The lowest BCUT2D eigenvalue weighted by Gasteiger charge is -2.44. The van der Waals surface area contributed by atoms with Crippen molar-refractivity contribution >= 4 is 31.6 Å². The van der Waals surface area contributed by atoms with E-state index in [1.807, 2.05) is 67.6 Å². The molecular formula is C36H42FN3O5Si. The summed E-state index contributed by atoms with van der Waals surface area (Å²) in [6.45, 7) is 5.45. The topological polar surface area (TPSA) is 91.7 Å². The molecule has 242 valence electrons. The molecule has 10 heteroatoms. The summed E-state index contributed by atoms with van der Waals surface area (Å²) in [6.07, 6.45) is 0.396. The zero-order valence-electron chi connectivity index (χ0n) is 26.9. The number of aliphatic hydroxyl groups excluding tert-OH is 1. The molecule has 0 saturated heterocycles. The first-order valence-electron chi connectivity index (χ1n) is 16.0. The number of halogens is 1. The van der Waals surface area contributed by atoms with Crippen molar-refractivity contribution in [1.82, 2.24) is 4.90 Å². The van der Waals surface area contributed by atoms with Crippen LogP contribution in [0.1, 0.15) is 54.5 Å². The average molecular weight is 644 g/mol. The van der Waals surface area contributed by atoms with E-state index in [0.717, 1.165) is 28.0 Å². The molecule has 0 fully saturated rings. The molecule has 0 aliphatic carbocycles. The Balaban J connectivity index is 1.27. The number of methoxy groups -OCH3 is 1. The first-order valence-corrected chi connectivity index (χ1v) is 19.0. The normalized spacial score (nSPS) is 23.6. The van der Waals surface area contributed by atoms with Crippen LogP contribution in [0.15, 0.2) is 77.9 Å². The number of aliphatic hydroxyl groups is 1. The van der Waals surface area contributed by atoms with Gasteiger partial charge in [0.25, 0.3) is 0 Å². The zero-order chi connectivity index (χ0) is 32.6. The Bertz CT molecular complexity index is 1630. The van der Waals surface area contributed by atoms with Crippen LogP contribution < -0.4 is 9.75 Å². The smallest absolute Gasteiger partial charge is 0.248 e. The van der Waals surface area contributed by atoms with Crippen molar-refractivity contribution in [2.75, 3.05) is 18.7 Å². The van der Waals surface area contributed by atoms with Crippen LogP contribution in [-0.2, 0) is 27.3 Å². The highest BCUT2D eigenvalue weighted by molar-refractivity contribution is 6.72. The van der Waals surface area contributed by atoms with Gasteiger partial charge in [-0.3, -0.25) is 9.59 Å². The van der Waals surface area contributed by atoms with Gasteiger partial charge in [0.2, 0.25) is 20.2 Å². The summed E-state index contributed by atoms with van der Waals surface area (Å²) in [5.74, 6) is -0.0182. The number of hydrazone groups is 1. The van der Waals surface area contributed by atoms with Crippen LogP contribution in [0.5, 0.6) is 5.75 Å². The largest absolute Gasteiger partial charge is 0.490 e. The lowest BCUT2D eigenvalue weighted by atomic mass is 9.86. The standard InChI is InChI=1S/C36H42FN3O5Si/c1-23-35(44-2)29-19-27(40-33(42)17-15-30(38-40)24-10-6-5-7-11-24)14-16-31(29)45-36(23)32(46(3,4)37)20-34(43)39-21-26-13-9-8-12-25(26)18-28(39)22-41/h5-14,16,19,23,28,32,35-36,41H,15,17-18,20-22H2,1-4H3/t23-,28-,32?,35-,36-/m0/s1. The molecule has 46 heavy (non-hydrogen) atoms. The van der Waals surface area contributed by atoms with E-state index in [9.17, 15) is 14.7 Å². The summed E-state index contributed by atoms with van der Waals surface area (Å²) in [4.78, 5) is 28.6. The Morgan fingerprint density at radius 3 is 2.50 bits per heavy atom. The lowest BCUT2D eigenvalue weighted by molar-refractivity contribution is -0.136. The summed E-state index contributed by atoms with van der Waals surface area (Å²) in [5.41, 5.74) is 4.71. The quantitative estimate of drug-likeness (QED) is 0.234. The van der Waals surface area contributed by atoms with E-state index in [1.165, 1.54) is 5.01 Å². The maximum Gasteiger partial charge on any atom is 0.248 e. The SMILES string of the molecule is CO[C@@H]1c2cc(N3N=C(c4ccccc4)CCC3=O)ccc2O[C@H](C(CC(=O)N2Cc3ccccc3C[C@H]2CO)[Si](C)(C)F)[C@H]1C. The van der Waals surface area contributed by atoms with E-state index in [4.69, 9.17) is 14.6 Å². The molecule has 5 atom stereocenters. The van der Waals surface area contributed by atoms with Crippen molar-refractivity contribution < 1.29 is 28.3 Å². The fourth-order valence-electron chi connectivity index (χ4n) is 7.19. The maximum absolute atomic E-state index is 16.2. The minimum Gasteiger partial charge on any atom is -0.490 e.